The van der Waals surface area contributed by atoms with Crippen LogP contribution in [0.4, 0.5) is 0 Å². The molecular formula is C12H14Cl3NO. The Hall–Kier alpha value is -0.440. The van der Waals surface area contributed by atoms with Crippen molar-refractivity contribution < 1.29 is 4.79 Å². The normalized spacial score (nSPS) is 11.3. The summed E-state index contributed by atoms with van der Waals surface area (Å²) >= 11 is 17.6. The highest BCUT2D eigenvalue weighted by atomic mass is 35.5. The molecule has 17 heavy (non-hydrogen) atoms. The molecule has 1 amide bonds. The molecule has 0 radical (unpaired) electrons. The van der Waals surface area contributed by atoms with E-state index in [9.17, 15) is 4.79 Å². The second kappa shape index (κ2) is 6.48. The zero-order valence-corrected chi connectivity index (χ0v) is 11.7. The molecule has 0 atom stereocenters. The average molecular weight is 295 g/mol. The maximum absolute atomic E-state index is 12.0. The van der Waals surface area contributed by atoms with Gasteiger partial charge in [0, 0.05) is 22.3 Å². The molecule has 5 heteroatoms. The fraction of sp³-hybridized carbons (Fsp3) is 0.417. The van der Waals surface area contributed by atoms with E-state index in [4.69, 9.17) is 34.8 Å². The monoisotopic (exact) mass is 293 g/mol. The first-order chi connectivity index (χ1) is 8.06. The Morgan fingerprint density at radius 3 is 2.47 bits per heavy atom. The zero-order valence-electron chi connectivity index (χ0n) is 9.47. The van der Waals surface area contributed by atoms with Crippen LogP contribution in [0.25, 0.3) is 0 Å². The van der Waals surface area contributed by atoms with Crippen molar-refractivity contribution in [3.8, 4) is 0 Å². The average Bonchev–Trinajstić information content (AvgIpc) is 2.36. The SMILES string of the molecule is CCC(CCl)(CCl)NC(=O)c1cccc(Cl)c1. The van der Waals surface area contributed by atoms with Crippen LogP contribution < -0.4 is 5.32 Å². The molecule has 0 bridgehead atoms. The van der Waals surface area contributed by atoms with Crippen LogP contribution >= 0.6 is 34.8 Å². The number of rotatable bonds is 5. The van der Waals surface area contributed by atoms with Gasteiger partial charge in [-0.3, -0.25) is 4.79 Å². The number of hydrogen-bond acceptors (Lipinski definition) is 1. The lowest BCUT2D eigenvalue weighted by atomic mass is 10.0. The summed E-state index contributed by atoms with van der Waals surface area (Å²) in [6.45, 7) is 1.93. The van der Waals surface area contributed by atoms with Crippen molar-refractivity contribution in [3.63, 3.8) is 0 Å². The van der Waals surface area contributed by atoms with Gasteiger partial charge in [-0.25, -0.2) is 0 Å². The third-order valence-electron chi connectivity index (χ3n) is 2.65. The van der Waals surface area contributed by atoms with Crippen molar-refractivity contribution in [1.82, 2.24) is 5.32 Å². The largest absolute Gasteiger partial charge is 0.344 e. The van der Waals surface area contributed by atoms with Crippen LogP contribution in [0, 0.1) is 0 Å². The maximum Gasteiger partial charge on any atom is 0.251 e. The van der Waals surface area contributed by atoms with Crippen LogP contribution in [0.5, 0.6) is 0 Å². The Morgan fingerprint density at radius 1 is 1.35 bits per heavy atom. The molecule has 0 unspecified atom stereocenters. The van der Waals surface area contributed by atoms with E-state index in [1.54, 1.807) is 24.3 Å². The number of hydrogen-bond donors (Lipinski definition) is 1. The second-order valence-electron chi connectivity index (χ2n) is 3.87. The molecule has 1 aromatic carbocycles. The lowest BCUT2D eigenvalue weighted by Crippen LogP contribution is -2.51. The highest BCUT2D eigenvalue weighted by Gasteiger charge is 2.28. The van der Waals surface area contributed by atoms with Crippen molar-refractivity contribution in [1.29, 1.82) is 0 Å². The van der Waals surface area contributed by atoms with Crippen LogP contribution in [-0.2, 0) is 0 Å². The van der Waals surface area contributed by atoms with E-state index in [1.165, 1.54) is 0 Å². The third kappa shape index (κ3) is 3.77. The fourth-order valence-corrected chi connectivity index (χ4v) is 2.31. The minimum Gasteiger partial charge on any atom is -0.344 e. The van der Waals surface area contributed by atoms with Crippen LogP contribution in [0.15, 0.2) is 24.3 Å². The van der Waals surface area contributed by atoms with Gasteiger partial charge in [0.15, 0.2) is 0 Å². The molecule has 0 fully saturated rings. The molecule has 0 saturated carbocycles. The van der Waals surface area contributed by atoms with Crippen LogP contribution in [0.1, 0.15) is 23.7 Å². The number of carbonyl (C=O) groups excluding carboxylic acids is 1. The fourth-order valence-electron chi connectivity index (χ4n) is 1.32. The molecule has 2 nitrogen and oxygen atoms in total. The standard InChI is InChI=1S/C12H14Cl3NO/c1-2-12(7-13,8-14)16-11(17)9-4-3-5-10(15)6-9/h3-6H,2,7-8H2,1H3,(H,16,17). The molecular weight excluding hydrogens is 280 g/mol. The van der Waals surface area contributed by atoms with Gasteiger partial charge >= 0.3 is 0 Å². The maximum atomic E-state index is 12.0. The number of carbonyl (C=O) groups is 1. The number of nitrogens with one attached hydrogen (secondary N) is 1. The van der Waals surface area contributed by atoms with E-state index in [0.29, 0.717) is 17.0 Å². The van der Waals surface area contributed by atoms with Crippen molar-refractivity contribution in [3.05, 3.63) is 34.9 Å². The predicted octanol–water partition coefficient (Wildman–Crippen LogP) is 3.70. The molecule has 0 aliphatic heterocycles. The van der Waals surface area contributed by atoms with Crippen molar-refractivity contribution in [2.75, 3.05) is 11.8 Å². The summed E-state index contributed by atoms with van der Waals surface area (Å²) < 4.78 is 0. The lowest BCUT2D eigenvalue weighted by molar-refractivity contribution is 0.0913. The van der Waals surface area contributed by atoms with Gasteiger partial charge in [0.2, 0.25) is 0 Å². The Bertz CT molecular complexity index is 383. The van der Waals surface area contributed by atoms with E-state index in [0.717, 1.165) is 0 Å². The predicted molar refractivity (Wildman–Crippen MR) is 73.4 cm³/mol. The van der Waals surface area contributed by atoms with Crippen LogP contribution in [-0.4, -0.2) is 23.2 Å². The second-order valence-corrected chi connectivity index (χ2v) is 4.84. The first-order valence-electron chi connectivity index (χ1n) is 5.27. The highest BCUT2D eigenvalue weighted by molar-refractivity contribution is 6.31. The molecule has 0 saturated heterocycles. The third-order valence-corrected chi connectivity index (χ3v) is 3.91. The highest BCUT2D eigenvalue weighted by Crippen LogP contribution is 2.17. The number of alkyl halides is 2. The van der Waals surface area contributed by atoms with E-state index < -0.39 is 5.54 Å². The number of benzene rings is 1. The number of amides is 1. The van der Waals surface area contributed by atoms with E-state index in [1.807, 2.05) is 6.92 Å². The molecule has 1 N–H and O–H groups in total. The Morgan fingerprint density at radius 2 is 2.00 bits per heavy atom. The van der Waals surface area contributed by atoms with E-state index in [2.05, 4.69) is 5.32 Å². The Labute approximate surface area is 116 Å². The van der Waals surface area contributed by atoms with E-state index >= 15 is 0 Å². The van der Waals surface area contributed by atoms with Crippen molar-refractivity contribution in [2.24, 2.45) is 0 Å². The topological polar surface area (TPSA) is 29.1 Å². The zero-order chi connectivity index (χ0) is 12.9. The first-order valence-corrected chi connectivity index (χ1v) is 6.71. The van der Waals surface area contributed by atoms with Gasteiger partial charge in [0.25, 0.3) is 5.91 Å². The summed E-state index contributed by atoms with van der Waals surface area (Å²) in [5, 5.41) is 3.39. The summed E-state index contributed by atoms with van der Waals surface area (Å²) in [4.78, 5) is 12.0. The molecule has 1 rings (SSSR count). The summed E-state index contributed by atoms with van der Waals surface area (Å²) in [6.07, 6.45) is 0.673. The Balaban J connectivity index is 2.84. The van der Waals surface area contributed by atoms with Crippen molar-refractivity contribution >= 4 is 40.7 Å². The molecule has 0 aliphatic rings. The van der Waals surface area contributed by atoms with Gasteiger partial charge in [0.05, 0.1) is 5.54 Å². The smallest absolute Gasteiger partial charge is 0.251 e. The van der Waals surface area contributed by atoms with Gasteiger partial charge in [-0.1, -0.05) is 24.6 Å². The van der Waals surface area contributed by atoms with Gasteiger partial charge < -0.3 is 5.32 Å². The summed E-state index contributed by atoms with van der Waals surface area (Å²) in [6, 6.07) is 6.75. The molecule has 94 valence electrons. The summed E-state index contributed by atoms with van der Waals surface area (Å²) in [5.41, 5.74) is -0.0618. The first kappa shape index (κ1) is 14.6. The van der Waals surface area contributed by atoms with E-state index in [-0.39, 0.29) is 17.7 Å². The van der Waals surface area contributed by atoms with Gasteiger partial charge in [0.1, 0.15) is 0 Å². The van der Waals surface area contributed by atoms with Crippen LogP contribution in [0.3, 0.4) is 0 Å². The molecule has 0 spiro atoms. The quantitative estimate of drug-likeness (QED) is 0.824. The molecule has 0 aromatic heterocycles. The lowest BCUT2D eigenvalue weighted by Gasteiger charge is -2.29. The minimum absolute atomic E-state index is 0.212. The summed E-state index contributed by atoms with van der Waals surface area (Å²) in [5.74, 6) is 0.342. The molecule has 1 aromatic rings. The molecule has 0 aliphatic carbocycles. The molecule has 0 heterocycles. The van der Waals surface area contributed by atoms with Gasteiger partial charge in [-0.05, 0) is 24.6 Å². The Kier molecular flexibility index (Phi) is 5.57. The van der Waals surface area contributed by atoms with Crippen molar-refractivity contribution in [2.45, 2.75) is 18.9 Å². The van der Waals surface area contributed by atoms with Gasteiger partial charge in [-0.15, -0.1) is 23.2 Å². The minimum atomic E-state index is -0.567. The van der Waals surface area contributed by atoms with Gasteiger partial charge in [-0.2, -0.15) is 0 Å². The summed E-state index contributed by atoms with van der Waals surface area (Å²) in [7, 11) is 0. The van der Waals surface area contributed by atoms with Crippen LogP contribution in [0.2, 0.25) is 5.02 Å². The number of halogens is 3.